The highest BCUT2D eigenvalue weighted by atomic mass is 32.2. The van der Waals surface area contributed by atoms with Gasteiger partial charge in [0.25, 0.3) is 5.91 Å². The molecule has 1 aromatic carbocycles. The van der Waals surface area contributed by atoms with Crippen LogP contribution in [0.1, 0.15) is 17.3 Å². The number of piperazine rings is 1. The largest absolute Gasteiger partial charge is 0.336 e. The third kappa shape index (κ3) is 3.94. The van der Waals surface area contributed by atoms with Crippen molar-refractivity contribution in [1.82, 2.24) is 14.9 Å². The van der Waals surface area contributed by atoms with Crippen molar-refractivity contribution >= 4 is 15.9 Å². The smallest absolute Gasteiger partial charge is 0.253 e. The zero-order chi connectivity index (χ0) is 16.2. The number of carbonyl (C=O) groups is 1. The van der Waals surface area contributed by atoms with E-state index in [9.17, 15) is 13.2 Å². The summed E-state index contributed by atoms with van der Waals surface area (Å²) in [4.78, 5) is 14.3. The van der Waals surface area contributed by atoms with Gasteiger partial charge in [-0.2, -0.15) is 0 Å². The fraction of sp³-hybridized carbons (Fsp3) is 0.400. The molecule has 120 valence electrons. The number of benzene rings is 1. The lowest BCUT2D eigenvalue weighted by Crippen LogP contribution is -2.51. The highest BCUT2D eigenvalue weighted by Crippen LogP contribution is 2.14. The van der Waals surface area contributed by atoms with Gasteiger partial charge in [-0.05, 0) is 25.1 Å². The van der Waals surface area contributed by atoms with Gasteiger partial charge in [-0.15, -0.1) is 6.58 Å². The first-order valence-electron chi connectivity index (χ1n) is 7.17. The Hall–Kier alpha value is -1.70. The summed E-state index contributed by atoms with van der Waals surface area (Å²) >= 11 is 0. The number of amides is 1. The number of hydrogen-bond donors (Lipinski definition) is 2. The standard InChI is InChI=1S/C15H21N3O3S/c1-3-7-17-22(20,21)14-6-4-5-13(10-14)15(19)18-9-8-16-12(2)11-18/h3-6,10,12,16-17H,1,7-9,11H2,2H3. The first-order chi connectivity index (χ1) is 10.4. The molecule has 1 amide bonds. The van der Waals surface area contributed by atoms with Crippen LogP contribution in [0.3, 0.4) is 0 Å². The summed E-state index contributed by atoms with van der Waals surface area (Å²) in [5.41, 5.74) is 0.385. The van der Waals surface area contributed by atoms with Gasteiger partial charge in [0.05, 0.1) is 4.90 Å². The number of rotatable bonds is 5. The molecule has 0 bridgehead atoms. The zero-order valence-corrected chi connectivity index (χ0v) is 13.4. The van der Waals surface area contributed by atoms with Crippen molar-refractivity contribution in [3.63, 3.8) is 0 Å². The molecule has 1 fully saturated rings. The summed E-state index contributed by atoms with van der Waals surface area (Å²) in [6.45, 7) is 7.62. The Bertz CT molecular complexity index is 658. The van der Waals surface area contributed by atoms with Gasteiger partial charge in [-0.25, -0.2) is 13.1 Å². The molecule has 1 aliphatic heterocycles. The maximum atomic E-state index is 12.5. The van der Waals surface area contributed by atoms with Crippen LogP contribution in [-0.4, -0.2) is 51.4 Å². The van der Waals surface area contributed by atoms with Crippen molar-refractivity contribution in [1.29, 1.82) is 0 Å². The molecule has 1 atom stereocenters. The summed E-state index contributed by atoms with van der Waals surface area (Å²) in [7, 11) is -3.62. The zero-order valence-electron chi connectivity index (χ0n) is 12.6. The van der Waals surface area contributed by atoms with Gasteiger partial charge in [0.2, 0.25) is 10.0 Å². The van der Waals surface area contributed by atoms with Crippen molar-refractivity contribution < 1.29 is 13.2 Å². The van der Waals surface area contributed by atoms with Gasteiger partial charge in [-0.3, -0.25) is 4.79 Å². The predicted molar refractivity (Wildman–Crippen MR) is 85.2 cm³/mol. The molecular formula is C15H21N3O3S. The molecule has 0 saturated carbocycles. The molecule has 2 N–H and O–H groups in total. The Kier molecular flexibility index (Phi) is 5.33. The van der Waals surface area contributed by atoms with Crippen molar-refractivity contribution in [2.45, 2.75) is 17.9 Å². The van der Waals surface area contributed by atoms with Gasteiger partial charge in [0.15, 0.2) is 0 Å². The second kappa shape index (κ2) is 7.04. The minimum Gasteiger partial charge on any atom is -0.336 e. The SMILES string of the molecule is C=CCNS(=O)(=O)c1cccc(C(=O)N2CCNC(C)C2)c1. The average Bonchev–Trinajstić information content (AvgIpc) is 2.52. The Morgan fingerprint density at radius 3 is 3.00 bits per heavy atom. The van der Waals surface area contributed by atoms with Gasteiger partial charge in [-0.1, -0.05) is 12.1 Å². The fourth-order valence-electron chi connectivity index (χ4n) is 2.35. The summed E-state index contributed by atoms with van der Waals surface area (Å²) < 4.78 is 26.6. The highest BCUT2D eigenvalue weighted by Gasteiger charge is 2.23. The van der Waals surface area contributed by atoms with E-state index < -0.39 is 10.0 Å². The molecule has 0 spiro atoms. The molecule has 1 saturated heterocycles. The van der Waals surface area contributed by atoms with Crippen molar-refractivity contribution in [2.24, 2.45) is 0 Å². The quantitative estimate of drug-likeness (QED) is 0.777. The molecule has 1 aliphatic rings. The second-order valence-corrected chi connectivity index (χ2v) is 7.04. The molecule has 6 nitrogen and oxygen atoms in total. The molecule has 0 aliphatic carbocycles. The van der Waals surface area contributed by atoms with Crippen LogP contribution in [0, 0.1) is 0 Å². The lowest BCUT2D eigenvalue weighted by atomic mass is 10.1. The lowest BCUT2D eigenvalue weighted by molar-refractivity contribution is 0.0709. The monoisotopic (exact) mass is 323 g/mol. The van der Waals surface area contributed by atoms with E-state index in [2.05, 4.69) is 16.6 Å². The normalized spacial score (nSPS) is 19.0. The maximum absolute atomic E-state index is 12.5. The maximum Gasteiger partial charge on any atom is 0.253 e. The minimum atomic E-state index is -3.62. The molecule has 22 heavy (non-hydrogen) atoms. The number of sulfonamides is 1. The van der Waals surface area contributed by atoms with Crippen LogP contribution in [0.15, 0.2) is 41.8 Å². The van der Waals surface area contributed by atoms with Crippen LogP contribution >= 0.6 is 0 Å². The Labute approximate surface area is 131 Å². The molecule has 0 radical (unpaired) electrons. The average molecular weight is 323 g/mol. The van der Waals surface area contributed by atoms with E-state index in [1.807, 2.05) is 6.92 Å². The number of nitrogens with zero attached hydrogens (tertiary/aromatic N) is 1. The molecule has 1 aromatic rings. The van der Waals surface area contributed by atoms with Crippen molar-refractivity contribution in [3.8, 4) is 0 Å². The minimum absolute atomic E-state index is 0.0865. The fourth-order valence-corrected chi connectivity index (χ4v) is 3.39. The summed E-state index contributed by atoms with van der Waals surface area (Å²) in [5, 5.41) is 3.27. The first-order valence-corrected chi connectivity index (χ1v) is 8.65. The molecule has 0 aromatic heterocycles. The van der Waals surface area contributed by atoms with Crippen LogP contribution in [0.2, 0.25) is 0 Å². The highest BCUT2D eigenvalue weighted by molar-refractivity contribution is 7.89. The summed E-state index contributed by atoms with van der Waals surface area (Å²) in [6.07, 6.45) is 1.47. The van der Waals surface area contributed by atoms with Crippen molar-refractivity contribution in [3.05, 3.63) is 42.5 Å². The second-order valence-electron chi connectivity index (χ2n) is 5.27. The van der Waals surface area contributed by atoms with Gasteiger partial charge >= 0.3 is 0 Å². The van der Waals surface area contributed by atoms with E-state index in [1.54, 1.807) is 17.0 Å². The Morgan fingerprint density at radius 1 is 1.55 bits per heavy atom. The molecule has 1 heterocycles. The first kappa shape index (κ1) is 16.7. The van der Waals surface area contributed by atoms with Crippen LogP contribution in [-0.2, 0) is 10.0 Å². The van der Waals surface area contributed by atoms with E-state index in [0.29, 0.717) is 18.7 Å². The Balaban J connectivity index is 2.20. The molecule has 7 heteroatoms. The van der Waals surface area contributed by atoms with Gasteiger partial charge in [0, 0.05) is 37.8 Å². The van der Waals surface area contributed by atoms with Crippen LogP contribution in [0.5, 0.6) is 0 Å². The van der Waals surface area contributed by atoms with E-state index >= 15 is 0 Å². The number of hydrogen-bond acceptors (Lipinski definition) is 4. The van der Waals surface area contributed by atoms with E-state index in [1.165, 1.54) is 18.2 Å². The van der Waals surface area contributed by atoms with Gasteiger partial charge in [0.1, 0.15) is 0 Å². The van der Waals surface area contributed by atoms with E-state index in [-0.39, 0.29) is 23.4 Å². The van der Waals surface area contributed by atoms with E-state index in [0.717, 1.165) is 6.54 Å². The third-order valence-electron chi connectivity index (χ3n) is 3.46. The van der Waals surface area contributed by atoms with Crippen LogP contribution < -0.4 is 10.0 Å². The number of carbonyl (C=O) groups excluding carboxylic acids is 1. The Morgan fingerprint density at radius 2 is 2.32 bits per heavy atom. The summed E-state index contributed by atoms with van der Waals surface area (Å²) in [5.74, 6) is -0.144. The molecular weight excluding hydrogens is 302 g/mol. The molecule has 2 rings (SSSR count). The summed E-state index contributed by atoms with van der Waals surface area (Å²) in [6, 6.07) is 6.35. The molecule has 1 unspecified atom stereocenters. The number of nitrogens with one attached hydrogen (secondary N) is 2. The van der Waals surface area contributed by atoms with Gasteiger partial charge < -0.3 is 10.2 Å². The van der Waals surface area contributed by atoms with E-state index in [4.69, 9.17) is 0 Å². The van der Waals surface area contributed by atoms with Crippen LogP contribution in [0.4, 0.5) is 0 Å². The topological polar surface area (TPSA) is 78.5 Å². The predicted octanol–water partition coefficient (Wildman–Crippen LogP) is 0.585. The lowest BCUT2D eigenvalue weighted by Gasteiger charge is -2.32. The van der Waals surface area contributed by atoms with Crippen LogP contribution in [0.25, 0.3) is 0 Å². The van der Waals surface area contributed by atoms with Crippen molar-refractivity contribution in [2.75, 3.05) is 26.2 Å². The third-order valence-corrected chi connectivity index (χ3v) is 4.89.